The van der Waals surface area contributed by atoms with Crippen molar-refractivity contribution in [2.45, 2.75) is 77.6 Å². The molecule has 6 nitrogen and oxygen atoms in total. The number of aryl methyl sites for hydroxylation is 1. The number of carbonyl (C=O) groups excluding carboxylic acids is 2. The molecule has 1 aromatic rings. The number of aromatic nitrogens is 2. The second kappa shape index (κ2) is 7.06. The monoisotopic (exact) mass is 396 g/mol. The first-order valence-corrected chi connectivity index (χ1v) is 11.5. The van der Waals surface area contributed by atoms with Gasteiger partial charge in [0, 0.05) is 49.1 Å². The molecular weight excluding hydrogens is 364 g/mol. The van der Waals surface area contributed by atoms with Gasteiger partial charge in [-0.1, -0.05) is 13.3 Å². The van der Waals surface area contributed by atoms with Crippen LogP contribution in [0, 0.1) is 18.3 Å². The van der Waals surface area contributed by atoms with Crippen LogP contribution in [-0.4, -0.2) is 46.3 Å². The summed E-state index contributed by atoms with van der Waals surface area (Å²) in [7, 11) is 0. The molecule has 2 aliphatic heterocycles. The van der Waals surface area contributed by atoms with Gasteiger partial charge in [0.15, 0.2) is 0 Å². The highest BCUT2D eigenvalue weighted by molar-refractivity contribution is 5.95. The van der Waals surface area contributed by atoms with Crippen LogP contribution >= 0.6 is 0 Å². The summed E-state index contributed by atoms with van der Waals surface area (Å²) in [6.07, 6.45) is 9.02. The molecule has 3 heterocycles. The van der Waals surface area contributed by atoms with E-state index in [1.807, 2.05) is 11.8 Å². The Labute approximate surface area is 173 Å². The van der Waals surface area contributed by atoms with Crippen molar-refractivity contribution in [2.75, 3.05) is 24.5 Å². The molecule has 29 heavy (non-hydrogen) atoms. The summed E-state index contributed by atoms with van der Waals surface area (Å²) in [5, 5.41) is 0. The Bertz CT molecular complexity index is 840. The van der Waals surface area contributed by atoms with Crippen LogP contribution in [0.5, 0.6) is 0 Å². The molecule has 2 amide bonds. The van der Waals surface area contributed by atoms with Crippen molar-refractivity contribution in [2.24, 2.45) is 11.3 Å². The number of anilines is 1. The van der Waals surface area contributed by atoms with Gasteiger partial charge in [-0.15, -0.1) is 0 Å². The second-order valence-electron chi connectivity index (χ2n) is 9.59. The molecule has 2 aliphatic carbocycles. The van der Waals surface area contributed by atoms with Gasteiger partial charge >= 0.3 is 0 Å². The van der Waals surface area contributed by atoms with Gasteiger partial charge in [-0.25, -0.2) is 9.97 Å². The van der Waals surface area contributed by atoms with Gasteiger partial charge in [0.2, 0.25) is 11.8 Å². The van der Waals surface area contributed by atoms with Crippen molar-refractivity contribution < 1.29 is 9.59 Å². The number of carbonyl (C=O) groups is 2. The molecule has 0 aromatic carbocycles. The highest BCUT2D eigenvalue weighted by Gasteiger charge is 2.61. The third-order valence-electron chi connectivity index (χ3n) is 7.81. The van der Waals surface area contributed by atoms with Crippen molar-refractivity contribution in [3.05, 3.63) is 17.1 Å². The minimum atomic E-state index is 0.179. The SMILES string of the molecule is CCCN1C(=O)CCc2c(C)nc(C3CCN(C(=O)[C@H]4CC45CCC5)CC3)nc21. The van der Waals surface area contributed by atoms with Crippen molar-refractivity contribution in [3.8, 4) is 0 Å². The third-order valence-corrected chi connectivity index (χ3v) is 7.81. The Hall–Kier alpha value is -1.98. The van der Waals surface area contributed by atoms with E-state index in [1.165, 1.54) is 19.3 Å². The highest BCUT2D eigenvalue weighted by Crippen LogP contribution is 2.66. The zero-order chi connectivity index (χ0) is 20.2. The Morgan fingerprint density at radius 3 is 2.55 bits per heavy atom. The van der Waals surface area contributed by atoms with Gasteiger partial charge in [-0.2, -0.15) is 0 Å². The molecule has 5 rings (SSSR count). The first kappa shape index (κ1) is 19.0. The number of piperidine rings is 1. The van der Waals surface area contributed by atoms with Crippen molar-refractivity contribution in [1.29, 1.82) is 0 Å². The maximum Gasteiger partial charge on any atom is 0.228 e. The first-order chi connectivity index (χ1) is 14.0. The fraction of sp³-hybridized carbons (Fsp3) is 0.739. The molecule has 1 aromatic heterocycles. The van der Waals surface area contributed by atoms with E-state index in [-0.39, 0.29) is 11.8 Å². The van der Waals surface area contributed by atoms with Crippen LogP contribution in [0.1, 0.15) is 81.3 Å². The zero-order valence-electron chi connectivity index (χ0n) is 17.7. The lowest BCUT2D eigenvalue weighted by Gasteiger charge is -2.34. The number of rotatable bonds is 4. The van der Waals surface area contributed by atoms with Crippen molar-refractivity contribution in [3.63, 3.8) is 0 Å². The average Bonchev–Trinajstić information content (AvgIpc) is 3.46. The van der Waals surface area contributed by atoms with Crippen LogP contribution in [0.15, 0.2) is 0 Å². The lowest BCUT2D eigenvalue weighted by Crippen LogP contribution is -2.41. The van der Waals surface area contributed by atoms with E-state index in [1.54, 1.807) is 0 Å². The van der Waals surface area contributed by atoms with Crippen LogP contribution in [0.3, 0.4) is 0 Å². The lowest BCUT2D eigenvalue weighted by atomic mass is 9.79. The predicted octanol–water partition coefficient (Wildman–Crippen LogP) is 3.37. The minimum Gasteiger partial charge on any atom is -0.342 e. The summed E-state index contributed by atoms with van der Waals surface area (Å²) in [6, 6.07) is 0. The molecule has 1 atom stereocenters. The molecule has 2 saturated carbocycles. The summed E-state index contributed by atoms with van der Waals surface area (Å²) in [4.78, 5) is 39.0. The van der Waals surface area contributed by atoms with Crippen LogP contribution in [-0.2, 0) is 16.0 Å². The maximum absolute atomic E-state index is 12.9. The molecular formula is C23H32N4O2. The molecule has 1 saturated heterocycles. The smallest absolute Gasteiger partial charge is 0.228 e. The van der Waals surface area contributed by atoms with Crippen LogP contribution in [0.25, 0.3) is 0 Å². The van der Waals surface area contributed by atoms with Gasteiger partial charge in [-0.05, 0) is 57.3 Å². The molecule has 4 aliphatic rings. The molecule has 0 unspecified atom stereocenters. The highest BCUT2D eigenvalue weighted by atomic mass is 16.2. The lowest BCUT2D eigenvalue weighted by molar-refractivity contribution is -0.135. The summed E-state index contributed by atoms with van der Waals surface area (Å²) < 4.78 is 0. The summed E-state index contributed by atoms with van der Waals surface area (Å²) >= 11 is 0. The molecule has 3 fully saturated rings. The van der Waals surface area contributed by atoms with Gasteiger partial charge < -0.3 is 4.90 Å². The topological polar surface area (TPSA) is 66.4 Å². The largest absolute Gasteiger partial charge is 0.342 e. The van der Waals surface area contributed by atoms with E-state index in [4.69, 9.17) is 9.97 Å². The van der Waals surface area contributed by atoms with Crippen LogP contribution in [0.2, 0.25) is 0 Å². The van der Waals surface area contributed by atoms with Crippen molar-refractivity contribution >= 4 is 17.6 Å². The van der Waals surface area contributed by atoms with Gasteiger partial charge in [-0.3, -0.25) is 14.5 Å². The average molecular weight is 397 g/mol. The molecule has 1 spiro atoms. The minimum absolute atomic E-state index is 0.179. The second-order valence-corrected chi connectivity index (χ2v) is 9.59. The molecule has 156 valence electrons. The fourth-order valence-corrected chi connectivity index (χ4v) is 5.70. The number of fused-ring (bicyclic) bond motifs is 1. The zero-order valence-corrected chi connectivity index (χ0v) is 17.7. The first-order valence-electron chi connectivity index (χ1n) is 11.5. The standard InChI is InChI=1S/C23H32N4O2/c1-3-11-27-19(28)6-5-17-15(2)24-20(25-21(17)27)16-7-12-26(13-8-16)22(29)18-14-23(18)9-4-10-23/h16,18H,3-14H2,1-2H3/t18-/m1/s1. The van der Waals surface area contributed by atoms with E-state index in [0.717, 1.165) is 74.6 Å². The Kier molecular flexibility index (Phi) is 4.63. The molecule has 0 N–H and O–H groups in total. The van der Waals surface area contributed by atoms with Crippen LogP contribution < -0.4 is 4.90 Å². The Morgan fingerprint density at radius 2 is 1.93 bits per heavy atom. The molecule has 0 radical (unpaired) electrons. The van der Waals surface area contributed by atoms with Gasteiger partial charge in [0.1, 0.15) is 11.6 Å². The number of hydrogen-bond donors (Lipinski definition) is 0. The summed E-state index contributed by atoms with van der Waals surface area (Å²) in [5.41, 5.74) is 2.55. The summed E-state index contributed by atoms with van der Waals surface area (Å²) in [5.74, 6) is 2.87. The number of hydrogen-bond acceptors (Lipinski definition) is 4. The van der Waals surface area contributed by atoms with Crippen molar-refractivity contribution in [1.82, 2.24) is 14.9 Å². The Balaban J connectivity index is 1.29. The van der Waals surface area contributed by atoms with E-state index in [9.17, 15) is 9.59 Å². The Morgan fingerprint density at radius 1 is 1.17 bits per heavy atom. The van der Waals surface area contributed by atoms with Crippen LogP contribution in [0.4, 0.5) is 5.82 Å². The van der Waals surface area contributed by atoms with E-state index in [2.05, 4.69) is 11.8 Å². The number of likely N-dealkylation sites (tertiary alicyclic amines) is 1. The van der Waals surface area contributed by atoms with Gasteiger partial charge in [0.25, 0.3) is 0 Å². The fourth-order valence-electron chi connectivity index (χ4n) is 5.70. The number of amides is 2. The van der Waals surface area contributed by atoms with E-state index < -0.39 is 0 Å². The maximum atomic E-state index is 12.9. The van der Waals surface area contributed by atoms with Gasteiger partial charge in [0.05, 0.1) is 0 Å². The molecule has 0 bridgehead atoms. The van der Waals surface area contributed by atoms with E-state index >= 15 is 0 Å². The predicted molar refractivity (Wildman–Crippen MR) is 111 cm³/mol. The third kappa shape index (κ3) is 3.15. The normalized spacial score (nSPS) is 25.7. The quantitative estimate of drug-likeness (QED) is 0.783. The summed E-state index contributed by atoms with van der Waals surface area (Å²) in [6.45, 7) is 6.49. The molecule has 6 heteroatoms. The van der Waals surface area contributed by atoms with E-state index in [0.29, 0.717) is 23.7 Å². The number of nitrogens with zero attached hydrogens (tertiary/aromatic N) is 4.